The second kappa shape index (κ2) is 4.01. The first-order chi connectivity index (χ1) is 6.92. The van der Waals surface area contributed by atoms with Gasteiger partial charge in [0.25, 0.3) is 0 Å². The highest BCUT2D eigenvalue weighted by molar-refractivity contribution is 5.70. The molecular formula is C11H13N3. The third kappa shape index (κ3) is 1.64. The molecule has 14 heavy (non-hydrogen) atoms. The maximum absolute atomic E-state index is 8.72. The quantitative estimate of drug-likeness (QED) is 0.682. The Bertz CT molecular complexity index is 354. The minimum atomic E-state index is 0.471. The van der Waals surface area contributed by atoms with E-state index in [2.05, 4.69) is 28.4 Å². The molecule has 0 radical (unpaired) electrons. The zero-order valence-electron chi connectivity index (χ0n) is 8.03. The normalized spacial score (nSPS) is 14.9. The fourth-order valence-corrected chi connectivity index (χ4v) is 1.76. The van der Waals surface area contributed by atoms with Crippen LogP contribution < -0.4 is 10.2 Å². The smallest absolute Gasteiger partial charge is 0.105 e. The van der Waals surface area contributed by atoms with Crippen molar-refractivity contribution in [3.63, 3.8) is 0 Å². The van der Waals surface area contributed by atoms with E-state index < -0.39 is 0 Å². The summed E-state index contributed by atoms with van der Waals surface area (Å²) in [6.07, 6.45) is 1.08. The molecule has 0 atom stereocenters. The molecule has 1 aliphatic rings. The summed E-state index contributed by atoms with van der Waals surface area (Å²) in [5.74, 6) is 0. The highest BCUT2D eigenvalue weighted by Crippen LogP contribution is 2.27. The van der Waals surface area contributed by atoms with Crippen LogP contribution in [0.4, 0.5) is 11.4 Å². The fraction of sp³-hybridized carbons (Fsp3) is 0.364. The molecule has 0 saturated heterocycles. The SMILES string of the molecule is N#CCN1CCCNc2ccccc21. The van der Waals surface area contributed by atoms with Gasteiger partial charge in [-0.1, -0.05) is 12.1 Å². The lowest BCUT2D eigenvalue weighted by atomic mass is 10.2. The van der Waals surface area contributed by atoms with Crippen LogP contribution in [0.2, 0.25) is 0 Å². The highest BCUT2D eigenvalue weighted by atomic mass is 15.2. The molecule has 0 unspecified atom stereocenters. The zero-order valence-corrected chi connectivity index (χ0v) is 8.03. The minimum absolute atomic E-state index is 0.471. The van der Waals surface area contributed by atoms with E-state index >= 15 is 0 Å². The Hall–Kier alpha value is -1.69. The van der Waals surface area contributed by atoms with Gasteiger partial charge in [-0.3, -0.25) is 0 Å². The van der Waals surface area contributed by atoms with Crippen LogP contribution in [0.15, 0.2) is 24.3 Å². The average molecular weight is 187 g/mol. The van der Waals surface area contributed by atoms with Gasteiger partial charge in [0.2, 0.25) is 0 Å². The third-order valence-corrected chi connectivity index (χ3v) is 2.43. The number of para-hydroxylation sites is 2. The molecule has 2 rings (SSSR count). The standard InChI is InChI=1S/C11H13N3/c12-6-9-14-8-3-7-13-10-4-1-2-5-11(10)14/h1-2,4-5,13H,3,7-9H2. The van der Waals surface area contributed by atoms with E-state index in [-0.39, 0.29) is 0 Å². The molecule has 1 aromatic carbocycles. The summed E-state index contributed by atoms with van der Waals surface area (Å²) in [6.45, 7) is 2.41. The van der Waals surface area contributed by atoms with Crippen molar-refractivity contribution in [2.45, 2.75) is 6.42 Å². The van der Waals surface area contributed by atoms with E-state index in [1.54, 1.807) is 0 Å². The molecule has 0 aliphatic carbocycles. The van der Waals surface area contributed by atoms with E-state index in [9.17, 15) is 0 Å². The first-order valence-electron chi connectivity index (χ1n) is 4.86. The first kappa shape index (κ1) is 8.89. The van der Waals surface area contributed by atoms with Crippen molar-refractivity contribution in [3.8, 4) is 6.07 Å². The lowest BCUT2D eigenvalue weighted by Crippen LogP contribution is -2.23. The van der Waals surface area contributed by atoms with Crippen molar-refractivity contribution in [1.82, 2.24) is 0 Å². The molecule has 72 valence electrons. The minimum Gasteiger partial charge on any atom is -0.383 e. The molecular weight excluding hydrogens is 174 g/mol. The lowest BCUT2D eigenvalue weighted by Gasteiger charge is -2.20. The second-order valence-electron chi connectivity index (χ2n) is 3.38. The summed E-state index contributed by atoms with van der Waals surface area (Å²) >= 11 is 0. The van der Waals surface area contributed by atoms with Crippen LogP contribution in [0, 0.1) is 11.3 Å². The number of benzene rings is 1. The van der Waals surface area contributed by atoms with Crippen LogP contribution in [0.1, 0.15) is 6.42 Å². The van der Waals surface area contributed by atoms with Crippen molar-refractivity contribution in [3.05, 3.63) is 24.3 Å². The molecule has 3 nitrogen and oxygen atoms in total. The molecule has 3 heteroatoms. The van der Waals surface area contributed by atoms with Gasteiger partial charge in [-0.15, -0.1) is 0 Å². The Morgan fingerprint density at radius 1 is 1.43 bits per heavy atom. The molecule has 1 aromatic rings. The topological polar surface area (TPSA) is 39.1 Å². The van der Waals surface area contributed by atoms with E-state index in [0.29, 0.717) is 6.54 Å². The predicted molar refractivity (Wildman–Crippen MR) is 57.4 cm³/mol. The molecule has 1 heterocycles. The summed E-state index contributed by atoms with van der Waals surface area (Å²) in [5, 5.41) is 12.1. The predicted octanol–water partition coefficient (Wildman–Crippen LogP) is 1.83. The lowest BCUT2D eigenvalue weighted by molar-refractivity contribution is 0.810. The Morgan fingerprint density at radius 3 is 3.14 bits per heavy atom. The molecule has 0 saturated carbocycles. The van der Waals surface area contributed by atoms with E-state index in [0.717, 1.165) is 30.9 Å². The number of nitrogens with zero attached hydrogens (tertiary/aromatic N) is 2. The van der Waals surface area contributed by atoms with Crippen LogP contribution in [0.5, 0.6) is 0 Å². The van der Waals surface area contributed by atoms with Gasteiger partial charge >= 0.3 is 0 Å². The van der Waals surface area contributed by atoms with E-state index in [4.69, 9.17) is 5.26 Å². The van der Waals surface area contributed by atoms with Gasteiger partial charge in [-0.25, -0.2) is 0 Å². The maximum atomic E-state index is 8.72. The molecule has 0 bridgehead atoms. The van der Waals surface area contributed by atoms with Gasteiger partial charge in [0.05, 0.1) is 17.4 Å². The van der Waals surface area contributed by atoms with Crippen molar-refractivity contribution in [2.75, 3.05) is 29.9 Å². The number of rotatable bonds is 1. The van der Waals surface area contributed by atoms with E-state index in [1.165, 1.54) is 0 Å². The van der Waals surface area contributed by atoms with Gasteiger partial charge < -0.3 is 10.2 Å². The summed E-state index contributed by atoms with van der Waals surface area (Å²) < 4.78 is 0. The van der Waals surface area contributed by atoms with Crippen molar-refractivity contribution >= 4 is 11.4 Å². The highest BCUT2D eigenvalue weighted by Gasteiger charge is 2.12. The largest absolute Gasteiger partial charge is 0.383 e. The fourth-order valence-electron chi connectivity index (χ4n) is 1.76. The molecule has 0 aromatic heterocycles. The summed E-state index contributed by atoms with van der Waals surface area (Å²) in [4.78, 5) is 2.12. The summed E-state index contributed by atoms with van der Waals surface area (Å²) in [6, 6.07) is 10.4. The molecule has 0 fully saturated rings. The van der Waals surface area contributed by atoms with Crippen LogP contribution in [0.25, 0.3) is 0 Å². The van der Waals surface area contributed by atoms with Crippen molar-refractivity contribution in [1.29, 1.82) is 5.26 Å². The van der Waals surface area contributed by atoms with Gasteiger partial charge in [0.1, 0.15) is 6.54 Å². The molecule has 0 spiro atoms. The zero-order chi connectivity index (χ0) is 9.80. The molecule has 1 aliphatic heterocycles. The number of fused-ring (bicyclic) bond motifs is 1. The van der Waals surface area contributed by atoms with Crippen LogP contribution >= 0.6 is 0 Å². The molecule has 1 N–H and O–H groups in total. The van der Waals surface area contributed by atoms with Crippen molar-refractivity contribution < 1.29 is 0 Å². The van der Waals surface area contributed by atoms with Crippen molar-refractivity contribution in [2.24, 2.45) is 0 Å². The Kier molecular flexibility index (Phi) is 2.55. The van der Waals surface area contributed by atoms with Gasteiger partial charge in [0, 0.05) is 13.1 Å². The van der Waals surface area contributed by atoms with Gasteiger partial charge in [-0.2, -0.15) is 5.26 Å². The number of hydrogen-bond donors (Lipinski definition) is 1. The van der Waals surface area contributed by atoms with Gasteiger partial charge in [0.15, 0.2) is 0 Å². The Balaban J connectivity index is 2.33. The Labute approximate surface area is 84.0 Å². The average Bonchev–Trinajstić information content (AvgIpc) is 2.42. The van der Waals surface area contributed by atoms with Gasteiger partial charge in [-0.05, 0) is 18.6 Å². The van der Waals surface area contributed by atoms with Crippen LogP contribution in [0.3, 0.4) is 0 Å². The summed E-state index contributed by atoms with van der Waals surface area (Å²) in [7, 11) is 0. The molecule has 0 amide bonds. The maximum Gasteiger partial charge on any atom is 0.105 e. The third-order valence-electron chi connectivity index (χ3n) is 2.43. The van der Waals surface area contributed by atoms with E-state index in [1.807, 2.05) is 12.1 Å². The summed E-state index contributed by atoms with van der Waals surface area (Å²) in [5.41, 5.74) is 2.28. The monoisotopic (exact) mass is 187 g/mol. The van der Waals surface area contributed by atoms with Crippen LogP contribution in [-0.2, 0) is 0 Å². The van der Waals surface area contributed by atoms with Crippen LogP contribution in [-0.4, -0.2) is 19.6 Å². The first-order valence-corrected chi connectivity index (χ1v) is 4.86. The number of nitriles is 1. The number of hydrogen-bond acceptors (Lipinski definition) is 3. The second-order valence-corrected chi connectivity index (χ2v) is 3.38. The number of anilines is 2. The number of nitrogens with one attached hydrogen (secondary N) is 1. The Morgan fingerprint density at radius 2 is 2.29 bits per heavy atom.